The number of hydrogen-bond donors (Lipinski definition) is 1. The van der Waals surface area contributed by atoms with E-state index in [1.165, 1.54) is 0 Å². The topological polar surface area (TPSA) is 46.5 Å². The third kappa shape index (κ3) is 4.49. The lowest BCUT2D eigenvalue weighted by atomic mass is 10.2. The van der Waals surface area contributed by atoms with E-state index in [0.717, 1.165) is 17.4 Å². The fourth-order valence-electron chi connectivity index (χ4n) is 1.32. The molecule has 0 radical (unpaired) electrons. The Hall–Kier alpha value is -1.07. The second-order valence-electron chi connectivity index (χ2n) is 6.22. The Morgan fingerprint density at radius 1 is 1.25 bits per heavy atom. The van der Waals surface area contributed by atoms with Gasteiger partial charge in [0, 0.05) is 10.6 Å². The van der Waals surface area contributed by atoms with Crippen molar-refractivity contribution in [2.45, 2.75) is 38.9 Å². The van der Waals surface area contributed by atoms with Gasteiger partial charge in [0.1, 0.15) is 5.75 Å². The maximum Gasteiger partial charge on any atom is 0.329 e. The summed E-state index contributed by atoms with van der Waals surface area (Å²) in [5, 5.41) is 8.86. The number of carboxylic acid groups (broad SMARTS) is 1. The number of carboxylic acids is 1. The SMILES string of the molecule is CC(C)(C)[Si](C)(C)Oc1ccc(C(Br)=CC(=O)O)cc1. The summed E-state index contributed by atoms with van der Waals surface area (Å²) in [6.07, 6.45) is 1.13. The lowest BCUT2D eigenvalue weighted by Gasteiger charge is -2.36. The van der Waals surface area contributed by atoms with Crippen molar-refractivity contribution in [3.63, 3.8) is 0 Å². The highest BCUT2D eigenvalue weighted by Gasteiger charge is 2.38. The van der Waals surface area contributed by atoms with Crippen molar-refractivity contribution < 1.29 is 14.3 Å². The van der Waals surface area contributed by atoms with Gasteiger partial charge in [-0.05, 0) is 51.8 Å². The molecule has 1 N–H and O–H groups in total. The van der Waals surface area contributed by atoms with Crippen LogP contribution >= 0.6 is 15.9 Å². The second-order valence-corrected chi connectivity index (χ2v) is 11.8. The Morgan fingerprint density at radius 3 is 2.15 bits per heavy atom. The molecule has 1 aromatic rings. The fourth-order valence-corrected chi connectivity index (χ4v) is 2.81. The summed E-state index contributed by atoms with van der Waals surface area (Å²) in [6, 6.07) is 7.47. The minimum Gasteiger partial charge on any atom is -0.544 e. The van der Waals surface area contributed by atoms with Crippen LogP contribution in [-0.4, -0.2) is 19.4 Å². The smallest absolute Gasteiger partial charge is 0.329 e. The van der Waals surface area contributed by atoms with Gasteiger partial charge in [0.2, 0.25) is 8.32 Å². The molecule has 0 heterocycles. The van der Waals surface area contributed by atoms with E-state index in [0.29, 0.717) is 4.48 Å². The van der Waals surface area contributed by atoms with Crippen LogP contribution in [0.2, 0.25) is 18.1 Å². The molecule has 3 nitrogen and oxygen atoms in total. The maximum absolute atomic E-state index is 10.6. The Labute approximate surface area is 129 Å². The van der Waals surface area contributed by atoms with Crippen molar-refractivity contribution in [2.24, 2.45) is 0 Å². The molecule has 0 aromatic heterocycles. The molecule has 0 aliphatic rings. The molecule has 5 heteroatoms. The van der Waals surface area contributed by atoms with Crippen molar-refractivity contribution in [3.05, 3.63) is 35.9 Å². The zero-order chi connectivity index (χ0) is 15.6. The van der Waals surface area contributed by atoms with Crippen LogP contribution in [0.25, 0.3) is 4.48 Å². The monoisotopic (exact) mass is 356 g/mol. The highest BCUT2D eigenvalue weighted by Crippen LogP contribution is 2.37. The molecule has 0 saturated heterocycles. The average molecular weight is 357 g/mol. The molecule has 0 amide bonds. The highest BCUT2D eigenvalue weighted by molar-refractivity contribution is 9.15. The normalized spacial score (nSPS) is 13.2. The molecule has 0 unspecified atom stereocenters. The van der Waals surface area contributed by atoms with E-state index in [2.05, 4.69) is 49.8 Å². The van der Waals surface area contributed by atoms with Crippen LogP contribution in [0.5, 0.6) is 5.75 Å². The van der Waals surface area contributed by atoms with Crippen LogP contribution in [0.3, 0.4) is 0 Å². The Bertz CT molecular complexity index is 513. The van der Waals surface area contributed by atoms with E-state index in [1.807, 2.05) is 24.3 Å². The zero-order valence-electron chi connectivity index (χ0n) is 12.5. The molecule has 0 atom stereocenters. The van der Waals surface area contributed by atoms with E-state index in [9.17, 15) is 4.79 Å². The standard InChI is InChI=1S/C15H21BrO3Si/c1-15(2,3)20(4,5)19-12-8-6-11(7-9-12)13(16)10-14(17)18/h6-10H,1-5H3,(H,17,18). The molecular formula is C15H21BrO3Si. The van der Waals surface area contributed by atoms with Gasteiger partial charge in [0.15, 0.2) is 0 Å². The summed E-state index contributed by atoms with van der Waals surface area (Å²) in [5.74, 6) is -0.144. The predicted molar refractivity (Wildman–Crippen MR) is 88.8 cm³/mol. The van der Waals surface area contributed by atoms with Gasteiger partial charge in [0.25, 0.3) is 0 Å². The third-order valence-electron chi connectivity index (χ3n) is 3.56. The summed E-state index contributed by atoms with van der Waals surface area (Å²) >= 11 is 3.25. The minimum absolute atomic E-state index is 0.148. The van der Waals surface area contributed by atoms with E-state index >= 15 is 0 Å². The average Bonchev–Trinajstić information content (AvgIpc) is 2.26. The van der Waals surface area contributed by atoms with Gasteiger partial charge in [-0.15, -0.1) is 0 Å². The molecule has 0 saturated carbocycles. The van der Waals surface area contributed by atoms with E-state index in [-0.39, 0.29) is 5.04 Å². The summed E-state index contributed by atoms with van der Waals surface area (Å²) in [6.45, 7) is 11.0. The van der Waals surface area contributed by atoms with Gasteiger partial charge in [-0.1, -0.05) is 32.9 Å². The van der Waals surface area contributed by atoms with Gasteiger partial charge in [-0.2, -0.15) is 0 Å². The van der Waals surface area contributed by atoms with Crippen LogP contribution in [0.1, 0.15) is 26.3 Å². The van der Waals surface area contributed by atoms with E-state index in [4.69, 9.17) is 9.53 Å². The number of hydrogen-bond acceptors (Lipinski definition) is 2. The summed E-state index contributed by atoms with van der Waals surface area (Å²) in [7, 11) is -1.84. The highest BCUT2D eigenvalue weighted by atomic mass is 79.9. The van der Waals surface area contributed by atoms with Crippen molar-refractivity contribution in [3.8, 4) is 5.75 Å². The number of halogens is 1. The predicted octanol–water partition coefficient (Wildman–Crippen LogP) is 4.89. The fraction of sp³-hybridized carbons (Fsp3) is 0.400. The lowest BCUT2D eigenvalue weighted by molar-refractivity contribution is -0.131. The molecule has 1 aromatic carbocycles. The van der Waals surface area contributed by atoms with Gasteiger partial charge < -0.3 is 9.53 Å². The Kier molecular flexibility index (Phi) is 5.21. The van der Waals surface area contributed by atoms with Crippen molar-refractivity contribution in [1.82, 2.24) is 0 Å². The van der Waals surface area contributed by atoms with E-state index in [1.54, 1.807) is 0 Å². The van der Waals surface area contributed by atoms with E-state index < -0.39 is 14.3 Å². The maximum atomic E-state index is 10.6. The molecule has 0 aliphatic carbocycles. The van der Waals surface area contributed by atoms with Crippen LogP contribution in [0, 0.1) is 0 Å². The summed E-state index contributed by atoms with van der Waals surface area (Å²) < 4.78 is 6.72. The van der Waals surface area contributed by atoms with Gasteiger partial charge in [-0.3, -0.25) is 0 Å². The first-order valence-electron chi connectivity index (χ1n) is 6.42. The molecule has 0 spiro atoms. The molecule has 0 bridgehead atoms. The first kappa shape index (κ1) is 17.0. The van der Waals surface area contributed by atoms with Gasteiger partial charge >= 0.3 is 5.97 Å². The van der Waals surface area contributed by atoms with Gasteiger partial charge in [-0.25, -0.2) is 4.79 Å². The molecule has 0 fully saturated rings. The molecular weight excluding hydrogens is 336 g/mol. The lowest BCUT2D eigenvalue weighted by Crippen LogP contribution is -2.43. The summed E-state index contributed by atoms with van der Waals surface area (Å²) in [4.78, 5) is 10.6. The number of carbonyl (C=O) groups is 1. The first-order chi connectivity index (χ1) is 9.03. The number of benzene rings is 1. The Morgan fingerprint density at radius 2 is 1.75 bits per heavy atom. The first-order valence-corrected chi connectivity index (χ1v) is 10.1. The Balaban J connectivity index is 2.91. The van der Waals surface area contributed by atoms with Gasteiger partial charge in [0.05, 0.1) is 0 Å². The minimum atomic E-state index is -1.84. The second kappa shape index (κ2) is 6.14. The molecule has 0 aliphatic heterocycles. The molecule has 1 rings (SSSR count). The summed E-state index contributed by atoms with van der Waals surface area (Å²) in [5.41, 5.74) is 0.815. The van der Waals surface area contributed by atoms with Crippen LogP contribution in [0.15, 0.2) is 30.3 Å². The van der Waals surface area contributed by atoms with Crippen LogP contribution in [-0.2, 0) is 4.79 Å². The number of rotatable bonds is 4. The molecule has 20 heavy (non-hydrogen) atoms. The van der Waals surface area contributed by atoms with Crippen LogP contribution in [0.4, 0.5) is 0 Å². The quantitative estimate of drug-likeness (QED) is 0.616. The zero-order valence-corrected chi connectivity index (χ0v) is 15.1. The number of aliphatic carboxylic acids is 1. The van der Waals surface area contributed by atoms with Crippen molar-refractivity contribution >= 4 is 34.7 Å². The van der Waals surface area contributed by atoms with Crippen molar-refractivity contribution in [2.75, 3.05) is 0 Å². The van der Waals surface area contributed by atoms with Crippen molar-refractivity contribution in [1.29, 1.82) is 0 Å². The van der Waals surface area contributed by atoms with Crippen LogP contribution < -0.4 is 4.43 Å². The molecule has 110 valence electrons. The third-order valence-corrected chi connectivity index (χ3v) is 8.60. The largest absolute Gasteiger partial charge is 0.544 e.